The number of halogens is 2. The van der Waals surface area contributed by atoms with Crippen molar-refractivity contribution in [2.24, 2.45) is 0 Å². The van der Waals surface area contributed by atoms with E-state index in [-0.39, 0.29) is 52.7 Å². The van der Waals surface area contributed by atoms with Crippen LogP contribution in [0.15, 0.2) is 75.9 Å². The SMILES string of the molecule is COC(=O)c1cc(=O)c2cc(C(C)C)cc(NC(=O)CCCN3CCC(OC(c4ccc(F)cc4)c4ccc(F)cc4)CC3)c2o1. The van der Waals surface area contributed by atoms with Crippen LogP contribution in [0, 0.1) is 11.6 Å². The Bertz CT molecular complexity index is 1680. The summed E-state index contributed by atoms with van der Waals surface area (Å²) in [5.41, 5.74) is 2.53. The molecule has 0 radical (unpaired) electrons. The Labute approximate surface area is 266 Å². The molecule has 10 heteroatoms. The molecule has 0 bridgehead atoms. The number of nitrogens with zero attached hydrogens (tertiary/aromatic N) is 1. The molecule has 4 aromatic rings. The molecular formula is C36H38F2N2O6. The Morgan fingerprint density at radius 2 is 1.54 bits per heavy atom. The first kappa shape index (κ1) is 33.0. The number of carbonyl (C=O) groups is 2. The summed E-state index contributed by atoms with van der Waals surface area (Å²) in [5.74, 6) is -1.82. The third-order valence-corrected chi connectivity index (χ3v) is 8.27. The van der Waals surface area contributed by atoms with Crippen LogP contribution in [0.1, 0.15) is 78.8 Å². The number of hydrogen-bond acceptors (Lipinski definition) is 7. The van der Waals surface area contributed by atoms with Crippen molar-refractivity contribution < 1.29 is 32.3 Å². The summed E-state index contributed by atoms with van der Waals surface area (Å²) in [7, 11) is 1.20. The molecule has 242 valence electrons. The summed E-state index contributed by atoms with van der Waals surface area (Å²) >= 11 is 0. The number of rotatable bonds is 11. The molecule has 2 heterocycles. The lowest BCUT2D eigenvalue weighted by Crippen LogP contribution is -2.38. The van der Waals surface area contributed by atoms with E-state index in [1.807, 2.05) is 13.8 Å². The van der Waals surface area contributed by atoms with Gasteiger partial charge in [-0.2, -0.15) is 0 Å². The van der Waals surface area contributed by atoms with Crippen LogP contribution >= 0.6 is 0 Å². The molecule has 1 saturated heterocycles. The van der Waals surface area contributed by atoms with Crippen molar-refractivity contribution in [3.05, 3.63) is 111 Å². The van der Waals surface area contributed by atoms with E-state index in [0.29, 0.717) is 18.7 Å². The van der Waals surface area contributed by atoms with Crippen LogP contribution in [0.5, 0.6) is 0 Å². The zero-order valence-electron chi connectivity index (χ0n) is 26.2. The molecule has 1 N–H and O–H groups in total. The molecule has 1 fully saturated rings. The molecule has 1 aliphatic rings. The minimum absolute atomic E-state index is 0.0364. The summed E-state index contributed by atoms with van der Waals surface area (Å²) in [6.07, 6.45) is 1.94. The topological polar surface area (TPSA) is 98.1 Å². The second-order valence-electron chi connectivity index (χ2n) is 11.9. The van der Waals surface area contributed by atoms with Gasteiger partial charge in [-0.15, -0.1) is 0 Å². The van der Waals surface area contributed by atoms with Gasteiger partial charge in [-0.25, -0.2) is 13.6 Å². The van der Waals surface area contributed by atoms with Crippen molar-refractivity contribution in [1.29, 1.82) is 0 Å². The number of ether oxygens (including phenoxy) is 2. The van der Waals surface area contributed by atoms with Gasteiger partial charge in [0.05, 0.1) is 24.3 Å². The number of likely N-dealkylation sites (tertiary alicyclic amines) is 1. The van der Waals surface area contributed by atoms with Crippen LogP contribution in [-0.4, -0.2) is 49.6 Å². The number of benzene rings is 3. The van der Waals surface area contributed by atoms with Crippen molar-refractivity contribution in [3.8, 4) is 0 Å². The molecule has 0 spiro atoms. The standard InChI is InChI=1S/C36H38F2N2O6/c1-22(2)25-19-29-31(41)21-32(36(43)44-3)46-35(29)30(20-25)39-33(42)5-4-16-40-17-14-28(15-18-40)45-34(23-6-10-26(37)11-7-23)24-8-12-27(38)13-9-24/h6-13,19-22,28,34H,4-5,14-18H2,1-3H3,(H,39,42). The largest absolute Gasteiger partial charge is 0.463 e. The third-order valence-electron chi connectivity index (χ3n) is 8.27. The normalized spacial score (nSPS) is 14.2. The molecule has 1 amide bonds. The summed E-state index contributed by atoms with van der Waals surface area (Å²) in [4.78, 5) is 40.2. The highest BCUT2D eigenvalue weighted by atomic mass is 19.1. The van der Waals surface area contributed by atoms with Crippen LogP contribution in [0.4, 0.5) is 14.5 Å². The number of fused-ring (bicyclic) bond motifs is 1. The Morgan fingerprint density at radius 3 is 2.11 bits per heavy atom. The molecule has 0 aliphatic carbocycles. The molecule has 3 aromatic carbocycles. The van der Waals surface area contributed by atoms with E-state index in [9.17, 15) is 23.2 Å². The maximum atomic E-state index is 13.6. The number of anilines is 1. The lowest BCUT2D eigenvalue weighted by atomic mass is 9.99. The predicted octanol–water partition coefficient (Wildman–Crippen LogP) is 6.97. The van der Waals surface area contributed by atoms with Gasteiger partial charge in [0.25, 0.3) is 0 Å². The summed E-state index contributed by atoms with van der Waals surface area (Å²) in [6, 6.07) is 16.9. The Morgan fingerprint density at radius 1 is 0.935 bits per heavy atom. The van der Waals surface area contributed by atoms with Crippen molar-refractivity contribution in [1.82, 2.24) is 4.90 Å². The number of hydrogen-bond donors (Lipinski definition) is 1. The molecule has 8 nitrogen and oxygen atoms in total. The average Bonchev–Trinajstić information content (AvgIpc) is 3.05. The maximum Gasteiger partial charge on any atom is 0.374 e. The smallest absolute Gasteiger partial charge is 0.374 e. The van der Waals surface area contributed by atoms with Gasteiger partial charge >= 0.3 is 5.97 Å². The fraction of sp³-hybridized carbons (Fsp3) is 0.361. The number of amides is 1. The Balaban J connectivity index is 1.17. The minimum Gasteiger partial charge on any atom is -0.463 e. The summed E-state index contributed by atoms with van der Waals surface area (Å²) in [5, 5.41) is 3.16. The molecule has 46 heavy (non-hydrogen) atoms. The lowest BCUT2D eigenvalue weighted by molar-refractivity contribution is -0.116. The first-order chi connectivity index (χ1) is 22.1. The fourth-order valence-corrected chi connectivity index (χ4v) is 5.67. The van der Waals surface area contributed by atoms with E-state index >= 15 is 0 Å². The van der Waals surface area contributed by atoms with Crippen molar-refractivity contribution in [3.63, 3.8) is 0 Å². The van der Waals surface area contributed by atoms with E-state index in [0.717, 1.165) is 48.7 Å². The van der Waals surface area contributed by atoms with Gasteiger partial charge in [-0.3, -0.25) is 9.59 Å². The minimum atomic E-state index is -0.778. The monoisotopic (exact) mass is 632 g/mol. The average molecular weight is 633 g/mol. The second kappa shape index (κ2) is 14.8. The van der Waals surface area contributed by atoms with Crippen molar-refractivity contribution in [2.45, 2.75) is 57.7 Å². The van der Waals surface area contributed by atoms with Crippen LogP contribution in [0.25, 0.3) is 11.0 Å². The van der Waals surface area contributed by atoms with E-state index < -0.39 is 17.5 Å². The highest BCUT2D eigenvalue weighted by Crippen LogP contribution is 2.31. The number of esters is 1. The van der Waals surface area contributed by atoms with Gasteiger partial charge in [-0.05, 0) is 84.8 Å². The lowest BCUT2D eigenvalue weighted by Gasteiger charge is -2.34. The fourth-order valence-electron chi connectivity index (χ4n) is 5.67. The van der Waals surface area contributed by atoms with E-state index in [2.05, 4.69) is 10.2 Å². The molecule has 0 unspecified atom stereocenters. The third kappa shape index (κ3) is 8.05. The van der Waals surface area contributed by atoms with Crippen LogP contribution in [0.3, 0.4) is 0 Å². The highest BCUT2D eigenvalue weighted by Gasteiger charge is 2.25. The zero-order valence-corrected chi connectivity index (χ0v) is 26.2. The Hall–Kier alpha value is -4.41. The van der Waals surface area contributed by atoms with Gasteiger partial charge in [0, 0.05) is 25.6 Å². The first-order valence-electron chi connectivity index (χ1n) is 15.5. The highest BCUT2D eigenvalue weighted by molar-refractivity contribution is 6.00. The molecular weight excluding hydrogens is 594 g/mol. The molecule has 1 aliphatic heterocycles. The Kier molecular flexibility index (Phi) is 10.6. The van der Waals surface area contributed by atoms with Gasteiger partial charge in [0.15, 0.2) is 11.0 Å². The molecule has 5 rings (SSSR count). The van der Waals surface area contributed by atoms with Crippen molar-refractivity contribution >= 4 is 28.5 Å². The first-order valence-corrected chi connectivity index (χ1v) is 15.5. The van der Waals surface area contributed by atoms with Crippen LogP contribution < -0.4 is 10.7 Å². The molecule has 1 aromatic heterocycles. The van der Waals surface area contributed by atoms with Crippen molar-refractivity contribution in [2.75, 3.05) is 32.1 Å². The van der Waals surface area contributed by atoms with E-state index in [4.69, 9.17) is 13.9 Å². The summed E-state index contributed by atoms with van der Waals surface area (Å²) < 4.78 is 44.1. The second-order valence-corrected chi connectivity index (χ2v) is 11.9. The zero-order chi connectivity index (χ0) is 32.8. The number of methoxy groups -OCH3 is 1. The quantitative estimate of drug-likeness (QED) is 0.178. The number of piperidine rings is 1. The number of carbonyl (C=O) groups excluding carboxylic acids is 2. The van der Waals surface area contributed by atoms with Gasteiger partial charge in [0.1, 0.15) is 17.7 Å². The predicted molar refractivity (Wildman–Crippen MR) is 171 cm³/mol. The van der Waals surface area contributed by atoms with E-state index in [1.165, 1.54) is 31.4 Å². The van der Waals surface area contributed by atoms with Gasteiger partial charge in [-0.1, -0.05) is 38.1 Å². The van der Waals surface area contributed by atoms with Crippen LogP contribution in [0.2, 0.25) is 0 Å². The van der Waals surface area contributed by atoms with Gasteiger partial charge < -0.3 is 24.1 Å². The van der Waals surface area contributed by atoms with Crippen LogP contribution in [-0.2, 0) is 14.3 Å². The van der Waals surface area contributed by atoms with Gasteiger partial charge in [0.2, 0.25) is 11.7 Å². The molecule has 0 saturated carbocycles. The number of nitrogens with one attached hydrogen (secondary N) is 1. The van der Waals surface area contributed by atoms with E-state index in [1.54, 1.807) is 36.4 Å². The molecule has 0 atom stereocenters. The maximum absolute atomic E-state index is 13.6. The summed E-state index contributed by atoms with van der Waals surface area (Å²) in [6.45, 7) is 6.25.